The number of ether oxygens (including phenoxy) is 1. The van der Waals surface area contributed by atoms with Gasteiger partial charge in [0.2, 0.25) is 0 Å². The third-order valence-corrected chi connectivity index (χ3v) is 11.9. The monoisotopic (exact) mass is 419 g/mol. The molecule has 3 rings (SSSR count). The third kappa shape index (κ3) is 4.63. The van der Waals surface area contributed by atoms with Crippen LogP contribution in [-0.2, 0) is 22.2 Å². The molecule has 1 N–H and O–H groups in total. The molecule has 5 heteroatoms. The van der Waals surface area contributed by atoms with E-state index in [1.807, 2.05) is 0 Å². The van der Waals surface area contributed by atoms with Gasteiger partial charge in [0, 0.05) is 41.6 Å². The van der Waals surface area contributed by atoms with Crippen molar-refractivity contribution in [3.8, 4) is 0 Å². The lowest BCUT2D eigenvalue weighted by Crippen LogP contribution is -2.44. The molecule has 1 aliphatic carbocycles. The summed E-state index contributed by atoms with van der Waals surface area (Å²) >= 11 is 0. The molecule has 0 aromatic carbocycles. The third-order valence-electron chi connectivity index (χ3n) is 7.45. The number of hydrogen-bond donors (Lipinski definition) is 1. The lowest BCUT2D eigenvalue weighted by Gasteiger charge is -2.45. The summed E-state index contributed by atoms with van der Waals surface area (Å²) < 4.78 is 12.5. The van der Waals surface area contributed by atoms with Crippen molar-refractivity contribution in [1.82, 2.24) is 4.98 Å². The molecule has 0 bridgehead atoms. The second kappa shape index (κ2) is 8.06. The van der Waals surface area contributed by atoms with Gasteiger partial charge in [-0.1, -0.05) is 34.6 Å². The average Bonchev–Trinajstić information content (AvgIpc) is 2.59. The number of pyridine rings is 1. The largest absolute Gasteiger partial charge is 0.410 e. The van der Waals surface area contributed by atoms with Gasteiger partial charge in [0.05, 0.1) is 12.7 Å². The lowest BCUT2D eigenvalue weighted by molar-refractivity contribution is 0.0831. The van der Waals surface area contributed by atoms with Gasteiger partial charge in [-0.3, -0.25) is 4.98 Å². The second-order valence-electron chi connectivity index (χ2n) is 11.4. The minimum Gasteiger partial charge on any atom is -0.410 e. The molecule has 29 heavy (non-hydrogen) atoms. The highest BCUT2D eigenvalue weighted by molar-refractivity contribution is 6.74. The summed E-state index contributed by atoms with van der Waals surface area (Å²) in [5.41, 5.74) is 5.95. The van der Waals surface area contributed by atoms with E-state index in [0.717, 1.165) is 50.2 Å². The Bertz CT molecular complexity index is 745. The predicted molar refractivity (Wildman–Crippen MR) is 121 cm³/mol. The molecule has 0 radical (unpaired) electrons. The van der Waals surface area contributed by atoms with Crippen molar-refractivity contribution >= 4 is 8.32 Å². The molecule has 164 valence electrons. The number of aromatic nitrogens is 1. The van der Waals surface area contributed by atoms with E-state index in [2.05, 4.69) is 54.6 Å². The summed E-state index contributed by atoms with van der Waals surface area (Å²) in [6.45, 7) is 20.0. The minimum absolute atomic E-state index is 0.0506. The number of hydrogen-bond acceptors (Lipinski definition) is 4. The van der Waals surface area contributed by atoms with Gasteiger partial charge < -0.3 is 14.3 Å². The van der Waals surface area contributed by atoms with Crippen molar-refractivity contribution < 1.29 is 14.3 Å². The number of aliphatic hydroxyl groups excluding tert-OH is 1. The molecule has 1 atom stereocenters. The van der Waals surface area contributed by atoms with E-state index < -0.39 is 8.32 Å². The van der Waals surface area contributed by atoms with E-state index in [1.165, 1.54) is 16.8 Å². The van der Waals surface area contributed by atoms with Crippen molar-refractivity contribution in [3.05, 3.63) is 28.1 Å². The topological polar surface area (TPSA) is 51.6 Å². The Hall–Kier alpha value is -0.753. The highest BCUT2D eigenvalue weighted by Crippen LogP contribution is 2.49. The van der Waals surface area contributed by atoms with Crippen molar-refractivity contribution in [2.24, 2.45) is 5.41 Å². The van der Waals surface area contributed by atoms with Gasteiger partial charge in [-0.05, 0) is 61.7 Å². The van der Waals surface area contributed by atoms with Crippen LogP contribution in [0.2, 0.25) is 18.1 Å². The maximum Gasteiger partial charge on any atom is 0.192 e. The maximum atomic E-state index is 10.3. The Morgan fingerprint density at radius 3 is 2.38 bits per heavy atom. The van der Waals surface area contributed by atoms with Gasteiger partial charge in [-0.2, -0.15) is 0 Å². The molecule has 2 aliphatic rings. The van der Waals surface area contributed by atoms with Crippen LogP contribution in [0, 0.1) is 12.3 Å². The van der Waals surface area contributed by atoms with E-state index in [9.17, 15) is 5.11 Å². The zero-order chi connectivity index (χ0) is 21.6. The van der Waals surface area contributed by atoms with Crippen molar-refractivity contribution in [2.45, 2.75) is 104 Å². The maximum absolute atomic E-state index is 10.3. The van der Waals surface area contributed by atoms with Crippen LogP contribution >= 0.6 is 0 Å². The Balaban J connectivity index is 2.09. The molecule has 0 amide bonds. The fourth-order valence-corrected chi connectivity index (χ4v) is 5.94. The van der Waals surface area contributed by atoms with Crippen LogP contribution < -0.4 is 0 Å². The zero-order valence-corrected chi connectivity index (χ0v) is 20.8. The summed E-state index contributed by atoms with van der Waals surface area (Å²) in [4.78, 5) is 5.23. The van der Waals surface area contributed by atoms with Crippen molar-refractivity contribution in [1.29, 1.82) is 0 Å². The molecule has 2 heterocycles. The fourth-order valence-electron chi connectivity index (χ4n) is 4.68. The molecular formula is C24H41NO3Si. The van der Waals surface area contributed by atoms with Gasteiger partial charge >= 0.3 is 0 Å². The first-order valence-electron chi connectivity index (χ1n) is 11.2. The summed E-state index contributed by atoms with van der Waals surface area (Å²) in [6.07, 6.45) is 4.03. The first kappa shape index (κ1) is 22.9. The Morgan fingerprint density at radius 2 is 1.83 bits per heavy atom. The lowest BCUT2D eigenvalue weighted by atomic mass is 9.73. The molecule has 1 unspecified atom stereocenters. The number of nitrogens with zero attached hydrogens (tertiary/aromatic N) is 1. The van der Waals surface area contributed by atoms with E-state index in [1.54, 1.807) is 0 Å². The van der Waals surface area contributed by atoms with Gasteiger partial charge in [-0.15, -0.1) is 0 Å². The Kier molecular flexibility index (Phi) is 6.37. The zero-order valence-electron chi connectivity index (χ0n) is 19.8. The summed E-state index contributed by atoms with van der Waals surface area (Å²) in [6, 6.07) is 0. The van der Waals surface area contributed by atoms with Crippen molar-refractivity contribution in [3.63, 3.8) is 0 Å². The molecule has 0 saturated carbocycles. The van der Waals surface area contributed by atoms with Crippen LogP contribution in [0.5, 0.6) is 0 Å². The van der Waals surface area contributed by atoms with Gasteiger partial charge in [0.15, 0.2) is 8.32 Å². The summed E-state index contributed by atoms with van der Waals surface area (Å²) in [7, 11) is -1.93. The van der Waals surface area contributed by atoms with E-state index in [0.29, 0.717) is 5.92 Å². The smallest absolute Gasteiger partial charge is 0.192 e. The SMILES string of the molecule is Cc1c(CO)c(C2CCOCC2)nc2c1C(O[Si](C)(C)C(C)(C)C)CC(C)(C)C2. The van der Waals surface area contributed by atoms with Crippen LogP contribution in [0.3, 0.4) is 0 Å². The normalized spacial score (nSPS) is 23.1. The summed E-state index contributed by atoms with van der Waals surface area (Å²) in [5.74, 6) is 0.389. The predicted octanol–water partition coefficient (Wildman–Crippen LogP) is 5.81. The molecular weight excluding hydrogens is 378 g/mol. The molecule has 1 aromatic rings. The van der Waals surface area contributed by atoms with Crippen LogP contribution in [0.15, 0.2) is 0 Å². The van der Waals surface area contributed by atoms with E-state index in [4.69, 9.17) is 14.1 Å². The van der Waals surface area contributed by atoms with Crippen LogP contribution in [0.25, 0.3) is 0 Å². The standard InChI is InChI=1S/C24H41NO3Si/c1-16-18(15-26)22(17-9-11-27-12-10-17)25-19-13-24(5,6)14-20(21(16)19)28-29(7,8)23(2,3)4/h17,20,26H,9-15H2,1-8H3. The first-order chi connectivity index (χ1) is 13.4. The molecule has 1 saturated heterocycles. The Labute approximate surface area is 178 Å². The quantitative estimate of drug-likeness (QED) is 0.626. The molecule has 0 spiro atoms. The van der Waals surface area contributed by atoms with Crippen molar-refractivity contribution in [2.75, 3.05) is 13.2 Å². The van der Waals surface area contributed by atoms with Gasteiger partial charge in [0.25, 0.3) is 0 Å². The van der Waals surface area contributed by atoms with E-state index >= 15 is 0 Å². The van der Waals surface area contributed by atoms with Crippen LogP contribution in [0.4, 0.5) is 0 Å². The molecule has 1 aliphatic heterocycles. The Morgan fingerprint density at radius 1 is 1.21 bits per heavy atom. The highest BCUT2D eigenvalue weighted by Gasteiger charge is 2.44. The first-order valence-corrected chi connectivity index (χ1v) is 14.2. The average molecular weight is 420 g/mol. The number of rotatable bonds is 4. The molecule has 1 aromatic heterocycles. The summed E-state index contributed by atoms with van der Waals surface area (Å²) in [5, 5.41) is 10.4. The fraction of sp³-hybridized carbons (Fsp3) is 0.792. The second-order valence-corrected chi connectivity index (χ2v) is 16.2. The van der Waals surface area contributed by atoms with Gasteiger partial charge in [0.1, 0.15) is 0 Å². The molecule has 1 fully saturated rings. The number of fused-ring (bicyclic) bond motifs is 1. The van der Waals surface area contributed by atoms with E-state index in [-0.39, 0.29) is 23.2 Å². The van der Waals surface area contributed by atoms with Gasteiger partial charge in [-0.25, -0.2) is 0 Å². The highest BCUT2D eigenvalue weighted by atomic mass is 28.4. The molecule has 4 nitrogen and oxygen atoms in total. The minimum atomic E-state index is -1.93. The van der Waals surface area contributed by atoms with Crippen LogP contribution in [-0.4, -0.2) is 31.6 Å². The number of aliphatic hydroxyl groups is 1. The van der Waals surface area contributed by atoms with Crippen LogP contribution in [0.1, 0.15) is 94.0 Å².